The zero-order valence-corrected chi connectivity index (χ0v) is 7.08. The molecule has 2 rings (SSSR count). The molecule has 2 unspecified atom stereocenters. The number of esters is 1. The van der Waals surface area contributed by atoms with Crippen molar-refractivity contribution in [2.45, 2.75) is 32.0 Å². The Morgan fingerprint density at radius 3 is 3.25 bits per heavy atom. The van der Waals surface area contributed by atoms with Gasteiger partial charge in [0.05, 0.1) is 18.8 Å². The zero-order chi connectivity index (χ0) is 8.55. The molecule has 1 heterocycles. The minimum Gasteiger partial charge on any atom is -0.463 e. The van der Waals surface area contributed by atoms with Crippen LogP contribution in [0.3, 0.4) is 0 Å². The number of hydrogen-bond acceptors (Lipinski definition) is 3. The van der Waals surface area contributed by atoms with Crippen molar-refractivity contribution in [1.82, 2.24) is 0 Å². The average Bonchev–Trinajstić information content (AvgIpc) is 2.81. The van der Waals surface area contributed by atoms with Crippen LogP contribution in [0, 0.1) is 0 Å². The van der Waals surface area contributed by atoms with E-state index in [1.165, 1.54) is 0 Å². The van der Waals surface area contributed by atoms with Gasteiger partial charge in [-0.15, -0.1) is 0 Å². The third-order valence-electron chi connectivity index (χ3n) is 2.24. The van der Waals surface area contributed by atoms with Crippen molar-refractivity contribution < 1.29 is 14.3 Å². The van der Waals surface area contributed by atoms with E-state index in [2.05, 4.69) is 0 Å². The highest BCUT2D eigenvalue weighted by molar-refractivity contribution is 5.88. The van der Waals surface area contributed by atoms with E-state index in [0.29, 0.717) is 18.8 Å². The Kier molecular flexibility index (Phi) is 1.89. The van der Waals surface area contributed by atoms with Crippen LogP contribution in [0.15, 0.2) is 11.6 Å². The first-order chi connectivity index (χ1) is 5.81. The van der Waals surface area contributed by atoms with Crippen molar-refractivity contribution >= 4 is 5.97 Å². The van der Waals surface area contributed by atoms with Crippen molar-refractivity contribution in [3.63, 3.8) is 0 Å². The third-order valence-corrected chi connectivity index (χ3v) is 2.24. The molecule has 12 heavy (non-hydrogen) atoms. The van der Waals surface area contributed by atoms with Gasteiger partial charge in [-0.05, 0) is 13.3 Å². The van der Waals surface area contributed by atoms with Crippen molar-refractivity contribution in [1.29, 1.82) is 0 Å². The topological polar surface area (TPSA) is 38.8 Å². The molecule has 0 radical (unpaired) electrons. The van der Waals surface area contributed by atoms with Crippen LogP contribution in [0.5, 0.6) is 0 Å². The van der Waals surface area contributed by atoms with Gasteiger partial charge in [0.1, 0.15) is 0 Å². The average molecular weight is 168 g/mol. The maximum absolute atomic E-state index is 11.2. The molecule has 0 aromatic rings. The first kappa shape index (κ1) is 7.80. The number of rotatable bonds is 2. The molecule has 0 amide bonds. The van der Waals surface area contributed by atoms with E-state index in [-0.39, 0.29) is 5.97 Å². The minimum absolute atomic E-state index is 0.175. The fraction of sp³-hybridized carbons (Fsp3) is 0.667. The summed E-state index contributed by atoms with van der Waals surface area (Å²) in [4.78, 5) is 11.2. The van der Waals surface area contributed by atoms with E-state index in [0.717, 1.165) is 18.4 Å². The van der Waals surface area contributed by atoms with E-state index in [9.17, 15) is 4.79 Å². The molecule has 3 heteroatoms. The summed E-state index contributed by atoms with van der Waals surface area (Å²) in [6.45, 7) is 2.27. The minimum atomic E-state index is -0.175. The maximum Gasteiger partial charge on any atom is 0.333 e. The summed E-state index contributed by atoms with van der Waals surface area (Å²) in [7, 11) is 0. The van der Waals surface area contributed by atoms with Gasteiger partial charge in [-0.3, -0.25) is 0 Å². The smallest absolute Gasteiger partial charge is 0.333 e. The summed E-state index contributed by atoms with van der Waals surface area (Å²) in [6, 6.07) is 0. The lowest BCUT2D eigenvalue weighted by molar-refractivity contribution is -0.138. The first-order valence-electron chi connectivity index (χ1n) is 4.33. The molecule has 66 valence electrons. The molecule has 0 aromatic heterocycles. The van der Waals surface area contributed by atoms with Gasteiger partial charge < -0.3 is 9.47 Å². The molecule has 0 aromatic carbocycles. The second kappa shape index (κ2) is 2.90. The van der Waals surface area contributed by atoms with Gasteiger partial charge >= 0.3 is 5.97 Å². The predicted molar refractivity (Wildman–Crippen MR) is 42.6 cm³/mol. The van der Waals surface area contributed by atoms with Gasteiger partial charge in [0.2, 0.25) is 0 Å². The monoisotopic (exact) mass is 168 g/mol. The lowest BCUT2D eigenvalue weighted by Gasteiger charge is -2.07. The number of hydrogen-bond donors (Lipinski definition) is 0. The van der Waals surface area contributed by atoms with Crippen LogP contribution in [0.1, 0.15) is 19.8 Å². The standard InChI is InChI=1S/C9H12O3/c1-2-11-9(10)6-3-4-7-8(5-6)12-7/h3,7-8H,2,4-5H2,1H3. The van der Waals surface area contributed by atoms with Crippen LogP contribution in [0.4, 0.5) is 0 Å². The molecule has 2 aliphatic rings. The molecule has 0 N–H and O–H groups in total. The molecule has 3 nitrogen and oxygen atoms in total. The molecule has 0 saturated carbocycles. The molecule has 0 spiro atoms. The highest BCUT2D eigenvalue weighted by Gasteiger charge is 2.42. The van der Waals surface area contributed by atoms with E-state index in [4.69, 9.17) is 9.47 Å². The second-order valence-electron chi connectivity index (χ2n) is 3.10. The van der Waals surface area contributed by atoms with Gasteiger partial charge in [0.25, 0.3) is 0 Å². The number of carbonyl (C=O) groups excluding carboxylic acids is 1. The summed E-state index contributed by atoms with van der Waals surface area (Å²) in [6.07, 6.45) is 4.24. The van der Waals surface area contributed by atoms with Gasteiger partial charge in [-0.1, -0.05) is 6.08 Å². The van der Waals surface area contributed by atoms with E-state index < -0.39 is 0 Å². The summed E-state index contributed by atoms with van der Waals surface area (Å²) in [5.74, 6) is -0.175. The van der Waals surface area contributed by atoms with E-state index in [1.807, 2.05) is 13.0 Å². The first-order valence-corrected chi connectivity index (χ1v) is 4.33. The lowest BCUT2D eigenvalue weighted by atomic mass is 10.00. The second-order valence-corrected chi connectivity index (χ2v) is 3.10. The summed E-state index contributed by atoms with van der Waals surface area (Å²) in [5, 5.41) is 0. The van der Waals surface area contributed by atoms with Gasteiger partial charge in [0, 0.05) is 12.0 Å². The highest BCUT2D eigenvalue weighted by Crippen LogP contribution is 2.36. The Balaban J connectivity index is 1.94. The largest absolute Gasteiger partial charge is 0.463 e. The number of ether oxygens (including phenoxy) is 2. The molecule has 1 fully saturated rings. The van der Waals surface area contributed by atoms with Crippen LogP contribution in [-0.4, -0.2) is 24.8 Å². The predicted octanol–water partition coefficient (Wildman–Crippen LogP) is 1.04. The lowest BCUT2D eigenvalue weighted by Crippen LogP contribution is -2.13. The normalized spacial score (nSPS) is 31.9. The molecule has 2 atom stereocenters. The van der Waals surface area contributed by atoms with Gasteiger partial charge in [-0.25, -0.2) is 4.79 Å². The van der Waals surface area contributed by atoms with Gasteiger partial charge in [-0.2, -0.15) is 0 Å². The molecular formula is C9H12O3. The SMILES string of the molecule is CCOC(=O)C1=CCC2OC2C1. The van der Waals surface area contributed by atoms with Crippen molar-refractivity contribution in [3.05, 3.63) is 11.6 Å². The van der Waals surface area contributed by atoms with Gasteiger partial charge in [0.15, 0.2) is 0 Å². The third kappa shape index (κ3) is 1.37. The fourth-order valence-electron chi connectivity index (χ4n) is 1.51. The summed E-state index contributed by atoms with van der Waals surface area (Å²) in [5.41, 5.74) is 0.788. The Morgan fingerprint density at radius 2 is 2.58 bits per heavy atom. The molecule has 0 bridgehead atoms. The Bertz CT molecular complexity index is 232. The number of fused-ring (bicyclic) bond motifs is 1. The highest BCUT2D eigenvalue weighted by atomic mass is 16.6. The summed E-state index contributed by atoms with van der Waals surface area (Å²) >= 11 is 0. The fourth-order valence-corrected chi connectivity index (χ4v) is 1.51. The Morgan fingerprint density at radius 1 is 1.75 bits per heavy atom. The van der Waals surface area contributed by atoms with Crippen LogP contribution in [0.25, 0.3) is 0 Å². The molecular weight excluding hydrogens is 156 g/mol. The Hall–Kier alpha value is -0.830. The van der Waals surface area contributed by atoms with Crippen molar-refractivity contribution in [2.24, 2.45) is 0 Å². The van der Waals surface area contributed by atoms with E-state index >= 15 is 0 Å². The zero-order valence-electron chi connectivity index (χ0n) is 7.08. The van der Waals surface area contributed by atoms with Crippen LogP contribution in [-0.2, 0) is 14.3 Å². The van der Waals surface area contributed by atoms with Crippen LogP contribution < -0.4 is 0 Å². The number of carbonyl (C=O) groups is 1. The van der Waals surface area contributed by atoms with Crippen LogP contribution in [0.2, 0.25) is 0 Å². The molecule has 1 aliphatic carbocycles. The van der Waals surface area contributed by atoms with Crippen molar-refractivity contribution in [2.75, 3.05) is 6.61 Å². The number of epoxide rings is 1. The quantitative estimate of drug-likeness (QED) is 0.456. The van der Waals surface area contributed by atoms with E-state index in [1.54, 1.807) is 0 Å². The molecule has 1 saturated heterocycles. The molecule has 1 aliphatic heterocycles. The maximum atomic E-state index is 11.2. The van der Waals surface area contributed by atoms with Crippen molar-refractivity contribution in [3.8, 4) is 0 Å². The summed E-state index contributed by atoms with van der Waals surface area (Å²) < 4.78 is 10.2. The van der Waals surface area contributed by atoms with Crippen LogP contribution >= 0.6 is 0 Å². The Labute approximate surface area is 71.3 Å².